The number of rotatable bonds is 9. The van der Waals surface area contributed by atoms with Gasteiger partial charge in [-0.25, -0.2) is 0 Å². The van der Waals surface area contributed by atoms with E-state index in [1.54, 1.807) is 38.1 Å². The van der Waals surface area contributed by atoms with Gasteiger partial charge in [0.15, 0.2) is 12.4 Å². The fourth-order valence-electron chi connectivity index (χ4n) is 1.84. The number of benzene rings is 1. The van der Waals surface area contributed by atoms with E-state index in [9.17, 15) is 14.4 Å². The van der Waals surface area contributed by atoms with E-state index >= 15 is 0 Å². The fourth-order valence-corrected chi connectivity index (χ4v) is 1.84. The van der Waals surface area contributed by atoms with Crippen LogP contribution in [0.25, 0.3) is 0 Å². The Bertz CT molecular complexity index is 540. The second-order valence-electron chi connectivity index (χ2n) is 5.17. The maximum atomic E-state index is 11.8. The average molecular weight is 320 g/mol. The van der Waals surface area contributed by atoms with Crippen molar-refractivity contribution in [1.82, 2.24) is 10.6 Å². The molecular weight excluding hydrogens is 296 g/mol. The first-order valence-corrected chi connectivity index (χ1v) is 7.81. The van der Waals surface area contributed by atoms with Gasteiger partial charge in [0.2, 0.25) is 5.91 Å². The number of ether oxygens (including phenoxy) is 1. The number of hydrogen-bond donors (Lipinski definition) is 2. The van der Waals surface area contributed by atoms with Gasteiger partial charge in [-0.1, -0.05) is 13.8 Å². The highest BCUT2D eigenvalue weighted by Crippen LogP contribution is 2.13. The summed E-state index contributed by atoms with van der Waals surface area (Å²) in [6.45, 7) is 5.77. The van der Waals surface area contributed by atoms with Crippen molar-refractivity contribution in [3.63, 3.8) is 0 Å². The SMILES string of the molecule is CCCNC(=O)[C@H](C)NC(=O)COc1ccc(C(=O)CC)cc1. The molecule has 0 bridgehead atoms. The highest BCUT2D eigenvalue weighted by Gasteiger charge is 2.15. The number of ketones is 1. The molecule has 6 heteroatoms. The molecule has 0 aliphatic rings. The summed E-state index contributed by atoms with van der Waals surface area (Å²) in [7, 11) is 0. The molecule has 0 saturated heterocycles. The van der Waals surface area contributed by atoms with Gasteiger partial charge < -0.3 is 15.4 Å². The summed E-state index contributed by atoms with van der Waals surface area (Å²) in [4.78, 5) is 34.9. The molecule has 1 aromatic carbocycles. The van der Waals surface area contributed by atoms with Gasteiger partial charge in [0.05, 0.1) is 0 Å². The minimum Gasteiger partial charge on any atom is -0.484 e. The van der Waals surface area contributed by atoms with Crippen LogP contribution in [0, 0.1) is 0 Å². The molecule has 1 rings (SSSR count). The normalized spacial score (nSPS) is 11.4. The summed E-state index contributed by atoms with van der Waals surface area (Å²) >= 11 is 0. The van der Waals surface area contributed by atoms with Gasteiger partial charge in [0, 0.05) is 18.5 Å². The van der Waals surface area contributed by atoms with Gasteiger partial charge in [0.25, 0.3) is 5.91 Å². The highest BCUT2D eigenvalue weighted by molar-refractivity contribution is 5.95. The van der Waals surface area contributed by atoms with E-state index in [1.165, 1.54) is 0 Å². The van der Waals surface area contributed by atoms with Crippen LogP contribution in [0.1, 0.15) is 44.0 Å². The molecule has 2 amide bonds. The number of carbonyl (C=O) groups excluding carboxylic acids is 3. The van der Waals surface area contributed by atoms with E-state index in [2.05, 4.69) is 10.6 Å². The van der Waals surface area contributed by atoms with Crippen molar-refractivity contribution in [2.24, 2.45) is 0 Å². The molecule has 0 aromatic heterocycles. The Balaban J connectivity index is 2.41. The molecule has 6 nitrogen and oxygen atoms in total. The van der Waals surface area contributed by atoms with Crippen molar-refractivity contribution in [2.75, 3.05) is 13.2 Å². The van der Waals surface area contributed by atoms with Crippen LogP contribution in [0.2, 0.25) is 0 Å². The molecule has 0 aliphatic carbocycles. The zero-order chi connectivity index (χ0) is 17.2. The highest BCUT2D eigenvalue weighted by atomic mass is 16.5. The minimum absolute atomic E-state index is 0.0567. The van der Waals surface area contributed by atoms with Crippen LogP contribution in [0.15, 0.2) is 24.3 Å². The van der Waals surface area contributed by atoms with Gasteiger partial charge in [-0.15, -0.1) is 0 Å². The van der Waals surface area contributed by atoms with Gasteiger partial charge >= 0.3 is 0 Å². The van der Waals surface area contributed by atoms with Crippen LogP contribution in [-0.4, -0.2) is 36.8 Å². The number of amides is 2. The lowest BCUT2D eigenvalue weighted by Gasteiger charge is -2.14. The summed E-state index contributed by atoms with van der Waals surface area (Å²) in [5, 5.41) is 5.27. The molecule has 1 atom stereocenters. The van der Waals surface area contributed by atoms with Crippen molar-refractivity contribution < 1.29 is 19.1 Å². The van der Waals surface area contributed by atoms with E-state index in [4.69, 9.17) is 4.74 Å². The van der Waals surface area contributed by atoms with Gasteiger partial charge in [-0.3, -0.25) is 14.4 Å². The van der Waals surface area contributed by atoms with E-state index in [1.807, 2.05) is 6.92 Å². The van der Waals surface area contributed by atoms with Crippen LogP contribution >= 0.6 is 0 Å². The Hall–Kier alpha value is -2.37. The van der Waals surface area contributed by atoms with Crippen LogP contribution in [0.5, 0.6) is 5.75 Å². The number of Topliss-reactive ketones (excluding diaryl/α,β-unsaturated/α-hetero) is 1. The van der Waals surface area contributed by atoms with Gasteiger partial charge in [-0.2, -0.15) is 0 Å². The zero-order valence-corrected chi connectivity index (χ0v) is 13.8. The maximum absolute atomic E-state index is 11.8. The van der Waals surface area contributed by atoms with E-state index in [0.717, 1.165) is 6.42 Å². The van der Waals surface area contributed by atoms with Crippen molar-refractivity contribution in [3.05, 3.63) is 29.8 Å². The predicted molar refractivity (Wildman–Crippen MR) is 87.5 cm³/mol. The molecule has 126 valence electrons. The summed E-state index contributed by atoms with van der Waals surface area (Å²) in [6, 6.07) is 6.02. The molecule has 1 aromatic rings. The van der Waals surface area contributed by atoms with E-state index in [0.29, 0.717) is 24.3 Å². The van der Waals surface area contributed by atoms with E-state index < -0.39 is 6.04 Å². The molecule has 0 fully saturated rings. The van der Waals surface area contributed by atoms with Crippen molar-refractivity contribution in [2.45, 2.75) is 39.7 Å². The first kappa shape index (κ1) is 18.7. The molecule has 23 heavy (non-hydrogen) atoms. The summed E-state index contributed by atoms with van der Waals surface area (Å²) < 4.78 is 5.34. The first-order valence-electron chi connectivity index (χ1n) is 7.81. The molecule has 0 saturated carbocycles. The first-order chi connectivity index (χ1) is 11.0. The van der Waals surface area contributed by atoms with Crippen LogP contribution in [0.4, 0.5) is 0 Å². The maximum Gasteiger partial charge on any atom is 0.258 e. The topological polar surface area (TPSA) is 84.5 Å². The third-order valence-electron chi connectivity index (χ3n) is 3.19. The Morgan fingerprint density at radius 3 is 2.35 bits per heavy atom. The molecule has 2 N–H and O–H groups in total. The van der Waals surface area contributed by atoms with Crippen molar-refractivity contribution >= 4 is 17.6 Å². The second-order valence-corrected chi connectivity index (χ2v) is 5.17. The summed E-state index contributed by atoms with van der Waals surface area (Å²) in [5.41, 5.74) is 0.616. The molecule has 0 aliphatic heterocycles. The third-order valence-corrected chi connectivity index (χ3v) is 3.19. The molecule has 0 spiro atoms. The molecule has 0 heterocycles. The Kier molecular flexibility index (Phi) is 7.80. The third kappa shape index (κ3) is 6.50. The number of nitrogens with one attached hydrogen (secondary N) is 2. The quantitative estimate of drug-likeness (QED) is 0.678. The number of hydrogen-bond acceptors (Lipinski definition) is 4. The summed E-state index contributed by atoms with van der Waals surface area (Å²) in [6.07, 6.45) is 1.28. The molecular formula is C17H24N2O4. The fraction of sp³-hybridized carbons (Fsp3) is 0.471. The standard InChI is InChI=1S/C17H24N2O4/c1-4-10-18-17(22)12(3)19-16(21)11-23-14-8-6-13(7-9-14)15(20)5-2/h6-9,12H,4-5,10-11H2,1-3H3,(H,18,22)(H,19,21)/t12-/m0/s1. The second kappa shape index (κ2) is 9.61. The van der Waals surface area contributed by atoms with Crippen LogP contribution in [-0.2, 0) is 9.59 Å². The average Bonchev–Trinajstić information content (AvgIpc) is 2.57. The van der Waals surface area contributed by atoms with E-state index in [-0.39, 0.29) is 24.2 Å². The minimum atomic E-state index is -0.609. The predicted octanol–water partition coefficient (Wildman–Crippen LogP) is 1.69. The van der Waals surface area contributed by atoms with Crippen LogP contribution < -0.4 is 15.4 Å². The lowest BCUT2D eigenvalue weighted by Crippen LogP contribution is -2.46. The van der Waals surface area contributed by atoms with Gasteiger partial charge in [0.1, 0.15) is 11.8 Å². The Labute approximate surface area is 136 Å². The largest absolute Gasteiger partial charge is 0.484 e. The lowest BCUT2D eigenvalue weighted by molar-refractivity contribution is -0.129. The van der Waals surface area contributed by atoms with Gasteiger partial charge in [-0.05, 0) is 37.6 Å². The molecule has 0 radical (unpaired) electrons. The van der Waals surface area contributed by atoms with Crippen molar-refractivity contribution in [1.29, 1.82) is 0 Å². The monoisotopic (exact) mass is 320 g/mol. The smallest absolute Gasteiger partial charge is 0.258 e. The molecule has 0 unspecified atom stereocenters. The Morgan fingerprint density at radius 1 is 1.13 bits per heavy atom. The Morgan fingerprint density at radius 2 is 1.78 bits per heavy atom. The van der Waals surface area contributed by atoms with Crippen LogP contribution in [0.3, 0.4) is 0 Å². The zero-order valence-electron chi connectivity index (χ0n) is 13.8. The van der Waals surface area contributed by atoms with Crippen molar-refractivity contribution in [3.8, 4) is 5.75 Å². The number of carbonyl (C=O) groups is 3. The lowest BCUT2D eigenvalue weighted by atomic mass is 10.1. The summed E-state index contributed by atoms with van der Waals surface area (Å²) in [5.74, 6) is -0.0439.